The van der Waals surface area contributed by atoms with Gasteiger partial charge in [0.1, 0.15) is 0 Å². The predicted octanol–water partition coefficient (Wildman–Crippen LogP) is 1.40. The molecule has 0 bridgehead atoms. The van der Waals surface area contributed by atoms with Crippen LogP contribution in [-0.4, -0.2) is 11.8 Å². The highest BCUT2D eigenvalue weighted by atomic mass is 16.2. The highest BCUT2D eigenvalue weighted by Gasteiger charge is 2.13. The van der Waals surface area contributed by atoms with Gasteiger partial charge in [0.25, 0.3) is 0 Å². The third-order valence-electron chi connectivity index (χ3n) is 1.94. The molecule has 0 saturated heterocycles. The van der Waals surface area contributed by atoms with Gasteiger partial charge in [-0.3, -0.25) is 15.0 Å². The van der Waals surface area contributed by atoms with Gasteiger partial charge in [-0.2, -0.15) is 0 Å². The zero-order valence-corrected chi connectivity index (χ0v) is 9.07. The Morgan fingerprint density at radius 1 is 1.20 bits per heavy atom. The molecule has 0 radical (unpaired) electrons. The first-order valence-electron chi connectivity index (χ1n) is 4.66. The van der Waals surface area contributed by atoms with Gasteiger partial charge in [-0.25, -0.2) is 5.01 Å². The van der Waals surface area contributed by atoms with Crippen LogP contribution in [0, 0.1) is 6.92 Å². The van der Waals surface area contributed by atoms with Crippen molar-refractivity contribution in [2.24, 2.45) is 0 Å². The lowest BCUT2D eigenvalue weighted by molar-refractivity contribution is -0.123. The number of amides is 2. The van der Waals surface area contributed by atoms with Crippen molar-refractivity contribution in [2.45, 2.75) is 20.8 Å². The summed E-state index contributed by atoms with van der Waals surface area (Å²) in [5, 5.41) is 1.25. The van der Waals surface area contributed by atoms with E-state index in [1.54, 1.807) is 6.07 Å². The van der Waals surface area contributed by atoms with Crippen LogP contribution in [0.4, 0.5) is 5.69 Å². The van der Waals surface area contributed by atoms with E-state index in [4.69, 9.17) is 0 Å². The number of benzene rings is 1. The Kier molecular flexibility index (Phi) is 3.44. The molecule has 0 aliphatic heterocycles. The number of anilines is 1. The molecule has 4 heteroatoms. The van der Waals surface area contributed by atoms with E-state index in [9.17, 15) is 9.59 Å². The highest BCUT2D eigenvalue weighted by molar-refractivity contribution is 5.95. The molecule has 15 heavy (non-hydrogen) atoms. The van der Waals surface area contributed by atoms with Gasteiger partial charge in [0.2, 0.25) is 11.8 Å². The summed E-state index contributed by atoms with van der Waals surface area (Å²) in [5.74, 6) is -0.493. The van der Waals surface area contributed by atoms with Gasteiger partial charge >= 0.3 is 0 Å². The van der Waals surface area contributed by atoms with Crippen molar-refractivity contribution in [1.82, 2.24) is 5.43 Å². The lowest BCUT2D eigenvalue weighted by Gasteiger charge is -2.22. The van der Waals surface area contributed by atoms with Crippen molar-refractivity contribution >= 4 is 17.5 Å². The number of rotatable bonds is 1. The molecule has 0 aromatic heterocycles. The second-order valence-electron chi connectivity index (χ2n) is 3.31. The van der Waals surface area contributed by atoms with Crippen molar-refractivity contribution in [3.63, 3.8) is 0 Å². The third kappa shape index (κ3) is 2.80. The molecule has 1 aromatic carbocycles. The van der Waals surface area contributed by atoms with Crippen LogP contribution in [0.25, 0.3) is 0 Å². The van der Waals surface area contributed by atoms with Crippen LogP contribution < -0.4 is 10.4 Å². The van der Waals surface area contributed by atoms with Gasteiger partial charge in [-0.05, 0) is 18.6 Å². The van der Waals surface area contributed by atoms with Crippen LogP contribution in [0.1, 0.15) is 19.4 Å². The molecule has 0 aliphatic carbocycles. The summed E-state index contributed by atoms with van der Waals surface area (Å²) in [5.41, 5.74) is 4.11. The normalized spacial score (nSPS) is 9.53. The van der Waals surface area contributed by atoms with Crippen LogP contribution in [0.15, 0.2) is 24.3 Å². The Morgan fingerprint density at radius 2 is 1.80 bits per heavy atom. The maximum atomic E-state index is 11.3. The molecule has 1 rings (SSSR count). The number of nitrogens with zero attached hydrogens (tertiary/aromatic N) is 1. The first-order chi connectivity index (χ1) is 7.02. The zero-order chi connectivity index (χ0) is 11.4. The van der Waals surface area contributed by atoms with Crippen LogP contribution in [-0.2, 0) is 9.59 Å². The van der Waals surface area contributed by atoms with E-state index in [-0.39, 0.29) is 11.8 Å². The Bertz CT molecular complexity index is 388. The minimum atomic E-state index is -0.270. The molecular weight excluding hydrogens is 192 g/mol. The predicted molar refractivity (Wildman–Crippen MR) is 58.2 cm³/mol. The van der Waals surface area contributed by atoms with Gasteiger partial charge in [-0.15, -0.1) is 0 Å². The summed E-state index contributed by atoms with van der Waals surface area (Å²) in [6.07, 6.45) is 0. The monoisotopic (exact) mass is 206 g/mol. The molecule has 0 spiro atoms. The van der Waals surface area contributed by atoms with E-state index >= 15 is 0 Å². The van der Waals surface area contributed by atoms with E-state index in [1.165, 1.54) is 18.9 Å². The minimum absolute atomic E-state index is 0.223. The van der Waals surface area contributed by atoms with Gasteiger partial charge in [-0.1, -0.05) is 18.2 Å². The molecule has 2 amide bonds. The second kappa shape index (κ2) is 4.59. The first-order valence-corrected chi connectivity index (χ1v) is 4.66. The smallest absolute Gasteiger partial charge is 0.242 e. The summed E-state index contributed by atoms with van der Waals surface area (Å²) in [7, 11) is 0. The minimum Gasteiger partial charge on any atom is -0.274 e. The molecule has 1 aromatic rings. The van der Waals surface area contributed by atoms with Crippen molar-refractivity contribution in [1.29, 1.82) is 0 Å². The van der Waals surface area contributed by atoms with Crippen LogP contribution in [0.2, 0.25) is 0 Å². The molecule has 0 atom stereocenters. The number of aryl methyl sites for hydroxylation is 1. The third-order valence-corrected chi connectivity index (χ3v) is 1.94. The number of carbonyl (C=O) groups is 2. The van der Waals surface area contributed by atoms with Crippen molar-refractivity contribution in [2.75, 3.05) is 5.01 Å². The number of carbonyl (C=O) groups excluding carboxylic acids is 2. The van der Waals surface area contributed by atoms with E-state index in [0.29, 0.717) is 5.69 Å². The molecule has 4 nitrogen and oxygen atoms in total. The number of nitrogens with one attached hydrogen (secondary N) is 1. The number of para-hydroxylation sites is 1. The van der Waals surface area contributed by atoms with Crippen LogP contribution >= 0.6 is 0 Å². The fourth-order valence-electron chi connectivity index (χ4n) is 1.28. The van der Waals surface area contributed by atoms with E-state index in [1.807, 2.05) is 25.1 Å². The Balaban J connectivity index is 3.04. The standard InChI is InChI=1S/C11H14N2O2/c1-8-6-4-5-7-11(8)13(10(3)15)12-9(2)14/h4-7H,1-3H3,(H,12,14). The summed E-state index contributed by atoms with van der Waals surface area (Å²) in [6.45, 7) is 4.66. The van der Waals surface area contributed by atoms with Gasteiger partial charge in [0.15, 0.2) is 0 Å². The number of hydrazine groups is 1. The summed E-state index contributed by atoms with van der Waals surface area (Å²) < 4.78 is 0. The number of hydrogen-bond donors (Lipinski definition) is 1. The van der Waals surface area contributed by atoms with Gasteiger partial charge in [0, 0.05) is 13.8 Å². The Hall–Kier alpha value is -1.84. The lowest BCUT2D eigenvalue weighted by Crippen LogP contribution is -2.44. The summed E-state index contributed by atoms with van der Waals surface area (Å²) in [6, 6.07) is 7.37. The Morgan fingerprint density at radius 3 is 2.27 bits per heavy atom. The maximum Gasteiger partial charge on any atom is 0.242 e. The first kappa shape index (κ1) is 11.2. The van der Waals surface area contributed by atoms with E-state index < -0.39 is 0 Å². The Labute approximate surface area is 88.9 Å². The molecule has 0 saturated carbocycles. The molecule has 80 valence electrons. The molecule has 0 aliphatic rings. The number of hydrogen-bond acceptors (Lipinski definition) is 2. The average Bonchev–Trinajstić information content (AvgIpc) is 2.15. The topological polar surface area (TPSA) is 49.4 Å². The zero-order valence-electron chi connectivity index (χ0n) is 9.07. The quantitative estimate of drug-likeness (QED) is 0.706. The second-order valence-corrected chi connectivity index (χ2v) is 3.31. The van der Waals surface area contributed by atoms with Gasteiger partial charge < -0.3 is 0 Å². The largest absolute Gasteiger partial charge is 0.274 e. The maximum absolute atomic E-state index is 11.3. The summed E-state index contributed by atoms with van der Waals surface area (Å²) >= 11 is 0. The molecule has 0 unspecified atom stereocenters. The molecule has 0 heterocycles. The molecular formula is C11H14N2O2. The highest BCUT2D eigenvalue weighted by Crippen LogP contribution is 2.17. The van der Waals surface area contributed by atoms with Crippen LogP contribution in [0.5, 0.6) is 0 Å². The van der Waals surface area contributed by atoms with Gasteiger partial charge in [0.05, 0.1) is 5.69 Å². The van der Waals surface area contributed by atoms with E-state index in [2.05, 4.69) is 5.43 Å². The molecule has 0 fully saturated rings. The fraction of sp³-hybridized carbons (Fsp3) is 0.273. The van der Waals surface area contributed by atoms with Crippen molar-refractivity contribution in [3.05, 3.63) is 29.8 Å². The van der Waals surface area contributed by atoms with Crippen molar-refractivity contribution in [3.8, 4) is 0 Å². The summed E-state index contributed by atoms with van der Waals surface area (Å²) in [4.78, 5) is 22.3. The SMILES string of the molecule is CC(=O)NN(C(C)=O)c1ccccc1C. The molecule has 1 N–H and O–H groups in total. The average molecular weight is 206 g/mol. The van der Waals surface area contributed by atoms with Crippen LogP contribution in [0.3, 0.4) is 0 Å². The van der Waals surface area contributed by atoms with E-state index in [0.717, 1.165) is 5.56 Å². The fourth-order valence-corrected chi connectivity index (χ4v) is 1.28. The lowest BCUT2D eigenvalue weighted by atomic mass is 10.2. The van der Waals surface area contributed by atoms with Crippen molar-refractivity contribution < 1.29 is 9.59 Å².